The average molecular weight is 393 g/mol. The van der Waals surface area contributed by atoms with Crippen LogP contribution >= 0.6 is 0 Å². The molecule has 0 radical (unpaired) electrons. The lowest BCUT2D eigenvalue weighted by Gasteiger charge is -2.36. The number of hydrogen-bond donors (Lipinski definition) is 1. The summed E-state index contributed by atoms with van der Waals surface area (Å²) in [7, 11) is 2.13. The Kier molecular flexibility index (Phi) is 5.72. The predicted molar refractivity (Wildman–Crippen MR) is 114 cm³/mol. The zero-order valence-corrected chi connectivity index (χ0v) is 16.9. The summed E-state index contributed by atoms with van der Waals surface area (Å²) in [6, 6.07) is 11.2. The number of nitrogens with one attached hydrogen (secondary N) is 1. The van der Waals surface area contributed by atoms with Crippen molar-refractivity contribution in [1.82, 2.24) is 4.90 Å². The molecule has 2 aliphatic heterocycles. The number of nitrogens with zero attached hydrogens (tertiary/aromatic N) is 4. The van der Waals surface area contributed by atoms with E-state index in [1.54, 1.807) is 0 Å². The molecule has 2 aliphatic rings. The second kappa shape index (κ2) is 8.58. The van der Waals surface area contributed by atoms with Gasteiger partial charge in [-0.25, -0.2) is 0 Å². The summed E-state index contributed by atoms with van der Waals surface area (Å²) in [6.45, 7) is 5.98. The molecule has 0 spiro atoms. The van der Waals surface area contributed by atoms with Gasteiger partial charge in [-0.2, -0.15) is 5.26 Å². The highest BCUT2D eigenvalue weighted by Crippen LogP contribution is 2.33. The van der Waals surface area contributed by atoms with Crippen molar-refractivity contribution in [2.24, 2.45) is 0 Å². The van der Waals surface area contributed by atoms with E-state index < -0.39 is 0 Å². The van der Waals surface area contributed by atoms with Gasteiger partial charge in [-0.1, -0.05) is 0 Å². The molecule has 2 aromatic rings. The number of piperazine rings is 1. The SMILES string of the molecule is CN1CCN(c2cc(N3CCCCC3)ccc2NC(=O)c2ccc(C#N)o2)CC1. The monoisotopic (exact) mass is 393 g/mol. The van der Waals surface area contributed by atoms with Crippen LogP contribution in [0.4, 0.5) is 17.1 Å². The molecule has 0 unspecified atom stereocenters. The number of anilines is 3. The zero-order chi connectivity index (χ0) is 20.2. The second-order valence-electron chi connectivity index (χ2n) is 7.77. The van der Waals surface area contributed by atoms with Crippen molar-refractivity contribution in [3.8, 4) is 6.07 Å². The van der Waals surface area contributed by atoms with Gasteiger partial charge < -0.3 is 24.4 Å². The second-order valence-corrected chi connectivity index (χ2v) is 7.77. The van der Waals surface area contributed by atoms with Gasteiger partial charge in [0.15, 0.2) is 5.76 Å². The maximum atomic E-state index is 12.7. The first kappa shape index (κ1) is 19.3. The Balaban J connectivity index is 1.60. The van der Waals surface area contributed by atoms with Crippen molar-refractivity contribution in [3.63, 3.8) is 0 Å². The van der Waals surface area contributed by atoms with E-state index in [1.807, 2.05) is 12.1 Å². The van der Waals surface area contributed by atoms with Crippen LogP contribution in [0.3, 0.4) is 0 Å². The van der Waals surface area contributed by atoms with Gasteiger partial charge in [0, 0.05) is 45.0 Å². The van der Waals surface area contributed by atoms with Crippen molar-refractivity contribution < 1.29 is 9.21 Å². The van der Waals surface area contributed by atoms with Crippen LogP contribution in [0.1, 0.15) is 35.6 Å². The van der Waals surface area contributed by atoms with Crippen molar-refractivity contribution >= 4 is 23.0 Å². The number of nitriles is 1. The number of carbonyl (C=O) groups excluding carboxylic acids is 1. The minimum atomic E-state index is -0.340. The molecule has 29 heavy (non-hydrogen) atoms. The molecule has 3 heterocycles. The maximum Gasteiger partial charge on any atom is 0.291 e. The summed E-state index contributed by atoms with van der Waals surface area (Å²) in [5, 5.41) is 11.9. The molecule has 0 bridgehead atoms. The van der Waals surface area contributed by atoms with Crippen molar-refractivity contribution in [2.45, 2.75) is 19.3 Å². The van der Waals surface area contributed by atoms with E-state index in [9.17, 15) is 4.79 Å². The Bertz CT molecular complexity index is 902. The molecule has 0 aliphatic carbocycles. The third-order valence-corrected chi connectivity index (χ3v) is 5.73. The fraction of sp³-hybridized carbons (Fsp3) is 0.455. The first-order valence-corrected chi connectivity index (χ1v) is 10.3. The number of piperidine rings is 1. The van der Waals surface area contributed by atoms with E-state index in [0.717, 1.165) is 50.6 Å². The standard InChI is InChI=1S/C22H27N5O2/c1-25-11-13-27(14-12-25)20-15-17(26-9-3-2-4-10-26)5-7-19(20)24-22(28)21-8-6-18(16-23)29-21/h5-8,15H,2-4,9-14H2,1H3,(H,24,28). The van der Waals surface area contributed by atoms with Crippen LogP contribution in [-0.2, 0) is 0 Å². The number of carbonyl (C=O) groups is 1. The highest BCUT2D eigenvalue weighted by atomic mass is 16.3. The number of benzene rings is 1. The van der Waals surface area contributed by atoms with E-state index in [2.05, 4.69) is 39.2 Å². The van der Waals surface area contributed by atoms with Crippen LogP contribution < -0.4 is 15.1 Å². The van der Waals surface area contributed by atoms with E-state index in [-0.39, 0.29) is 17.4 Å². The molecule has 152 valence electrons. The smallest absolute Gasteiger partial charge is 0.291 e. The van der Waals surface area contributed by atoms with E-state index >= 15 is 0 Å². The topological polar surface area (TPSA) is 75.8 Å². The molecule has 1 N–H and O–H groups in total. The van der Waals surface area contributed by atoms with Crippen LogP contribution in [0.5, 0.6) is 0 Å². The third-order valence-electron chi connectivity index (χ3n) is 5.73. The molecule has 0 saturated carbocycles. The minimum Gasteiger partial charge on any atom is -0.440 e. The van der Waals surface area contributed by atoms with Crippen LogP contribution in [0.25, 0.3) is 0 Å². The Hall–Kier alpha value is -2.98. The summed E-state index contributed by atoms with van der Waals surface area (Å²) in [5.74, 6) is -0.0616. The lowest BCUT2D eigenvalue weighted by molar-refractivity contribution is 0.0996. The summed E-state index contributed by atoms with van der Waals surface area (Å²) in [6.07, 6.45) is 3.74. The first-order valence-electron chi connectivity index (χ1n) is 10.3. The number of rotatable bonds is 4. The van der Waals surface area contributed by atoms with E-state index in [4.69, 9.17) is 9.68 Å². The Morgan fingerprint density at radius 3 is 2.45 bits per heavy atom. The van der Waals surface area contributed by atoms with Crippen LogP contribution in [0.2, 0.25) is 0 Å². The normalized spacial score (nSPS) is 17.8. The summed E-state index contributed by atoms with van der Waals surface area (Å²) >= 11 is 0. The molecular weight excluding hydrogens is 366 g/mol. The number of amides is 1. The molecule has 4 rings (SSSR count). The van der Waals surface area contributed by atoms with Crippen LogP contribution in [0.15, 0.2) is 34.7 Å². The van der Waals surface area contributed by atoms with Crippen LogP contribution in [-0.4, -0.2) is 57.1 Å². The Morgan fingerprint density at radius 2 is 1.76 bits per heavy atom. The van der Waals surface area contributed by atoms with E-state index in [0.29, 0.717) is 0 Å². The molecule has 7 nitrogen and oxygen atoms in total. The van der Waals surface area contributed by atoms with Crippen molar-refractivity contribution in [1.29, 1.82) is 5.26 Å². The lowest BCUT2D eigenvalue weighted by Crippen LogP contribution is -2.44. The first-order chi connectivity index (χ1) is 14.1. The Labute approximate surface area is 171 Å². The minimum absolute atomic E-state index is 0.134. The number of likely N-dealkylation sites (N-methyl/N-ethyl adjacent to an activating group) is 1. The molecule has 7 heteroatoms. The van der Waals surface area contributed by atoms with Crippen molar-refractivity contribution in [2.75, 3.05) is 61.4 Å². The summed E-state index contributed by atoms with van der Waals surface area (Å²) < 4.78 is 5.28. The molecule has 1 aromatic heterocycles. The molecule has 2 saturated heterocycles. The summed E-state index contributed by atoms with van der Waals surface area (Å²) in [4.78, 5) is 19.8. The molecule has 2 fully saturated rings. The predicted octanol–water partition coefficient (Wildman–Crippen LogP) is 3.15. The van der Waals surface area contributed by atoms with Gasteiger partial charge in [0.1, 0.15) is 6.07 Å². The average Bonchev–Trinajstić information content (AvgIpc) is 3.25. The third kappa shape index (κ3) is 4.38. The van der Waals surface area contributed by atoms with Gasteiger partial charge in [-0.3, -0.25) is 4.79 Å². The fourth-order valence-electron chi connectivity index (χ4n) is 3.99. The number of hydrogen-bond acceptors (Lipinski definition) is 6. The van der Waals surface area contributed by atoms with Gasteiger partial charge >= 0.3 is 0 Å². The lowest BCUT2D eigenvalue weighted by atomic mass is 10.1. The quantitative estimate of drug-likeness (QED) is 0.860. The largest absolute Gasteiger partial charge is 0.440 e. The highest BCUT2D eigenvalue weighted by Gasteiger charge is 2.21. The van der Waals surface area contributed by atoms with Crippen LogP contribution in [0, 0.1) is 11.3 Å². The Morgan fingerprint density at radius 1 is 1.00 bits per heavy atom. The molecule has 1 aromatic carbocycles. The summed E-state index contributed by atoms with van der Waals surface area (Å²) in [5.41, 5.74) is 3.03. The van der Waals surface area contributed by atoms with Gasteiger partial charge in [-0.05, 0) is 56.6 Å². The molecule has 0 atom stereocenters. The zero-order valence-electron chi connectivity index (χ0n) is 16.9. The molecular formula is C22H27N5O2. The highest BCUT2D eigenvalue weighted by molar-refractivity contribution is 6.04. The molecule has 1 amide bonds. The van der Waals surface area contributed by atoms with Gasteiger partial charge in [0.25, 0.3) is 5.91 Å². The number of furan rings is 1. The van der Waals surface area contributed by atoms with Gasteiger partial charge in [0.2, 0.25) is 5.76 Å². The van der Waals surface area contributed by atoms with Gasteiger partial charge in [-0.15, -0.1) is 0 Å². The van der Waals surface area contributed by atoms with E-state index in [1.165, 1.54) is 37.1 Å². The van der Waals surface area contributed by atoms with Gasteiger partial charge in [0.05, 0.1) is 11.4 Å². The fourth-order valence-corrected chi connectivity index (χ4v) is 3.99. The maximum absolute atomic E-state index is 12.7. The van der Waals surface area contributed by atoms with Crippen molar-refractivity contribution in [3.05, 3.63) is 41.9 Å².